The van der Waals surface area contributed by atoms with Gasteiger partial charge in [0, 0.05) is 16.6 Å². The van der Waals surface area contributed by atoms with Gasteiger partial charge in [0.15, 0.2) is 0 Å². The van der Waals surface area contributed by atoms with E-state index >= 15 is 0 Å². The highest BCUT2D eigenvalue weighted by atomic mass is 15.1. The molecule has 0 amide bonds. The van der Waals surface area contributed by atoms with Crippen LogP contribution < -0.4 is 4.90 Å². The quantitative estimate of drug-likeness (QED) is 0.168. The summed E-state index contributed by atoms with van der Waals surface area (Å²) in [7, 11) is 0. The van der Waals surface area contributed by atoms with Crippen LogP contribution in [-0.4, -0.2) is 0 Å². The Morgan fingerprint density at radius 1 is 0.275 bits per heavy atom. The molecule has 10 aromatic carbocycles. The molecule has 0 saturated carbocycles. The molecular formula is C50H33N. The van der Waals surface area contributed by atoms with Gasteiger partial charge in [-0.25, -0.2) is 0 Å². The molecule has 0 aliphatic carbocycles. The van der Waals surface area contributed by atoms with Crippen molar-refractivity contribution in [2.24, 2.45) is 0 Å². The summed E-state index contributed by atoms with van der Waals surface area (Å²) in [6.07, 6.45) is 0. The zero-order valence-electron chi connectivity index (χ0n) is 28.0. The maximum absolute atomic E-state index is 2.48. The van der Waals surface area contributed by atoms with Gasteiger partial charge in [-0.3, -0.25) is 0 Å². The number of hydrogen-bond acceptors (Lipinski definition) is 1. The van der Waals surface area contributed by atoms with Gasteiger partial charge in [-0.1, -0.05) is 170 Å². The van der Waals surface area contributed by atoms with Crippen molar-refractivity contribution < 1.29 is 0 Å². The van der Waals surface area contributed by atoms with Crippen LogP contribution in [0.1, 0.15) is 0 Å². The summed E-state index contributed by atoms with van der Waals surface area (Å²) in [5.74, 6) is 0. The molecule has 1 heteroatoms. The summed E-state index contributed by atoms with van der Waals surface area (Å²) in [5.41, 5.74) is 8.22. The molecule has 0 aliphatic heterocycles. The minimum absolute atomic E-state index is 1.11. The third-order valence-electron chi connectivity index (χ3n) is 10.4. The fraction of sp³-hybridized carbons (Fsp3) is 0. The molecule has 0 aliphatic rings. The van der Waals surface area contributed by atoms with Crippen LogP contribution in [0.4, 0.5) is 17.1 Å². The number of hydrogen-bond donors (Lipinski definition) is 0. The molecule has 10 rings (SSSR count). The van der Waals surface area contributed by atoms with Gasteiger partial charge in [-0.15, -0.1) is 0 Å². The Labute approximate surface area is 297 Å². The average molecular weight is 648 g/mol. The molecular weight excluding hydrogens is 615 g/mol. The largest absolute Gasteiger partial charge is 0.309 e. The molecule has 0 radical (unpaired) electrons. The lowest BCUT2D eigenvalue weighted by molar-refractivity contribution is 1.30. The normalized spacial score (nSPS) is 11.5. The number of anilines is 3. The van der Waals surface area contributed by atoms with Crippen LogP contribution in [0.5, 0.6) is 0 Å². The third-order valence-corrected chi connectivity index (χ3v) is 10.4. The van der Waals surface area contributed by atoms with Crippen LogP contribution >= 0.6 is 0 Å². The maximum atomic E-state index is 2.48. The lowest BCUT2D eigenvalue weighted by Crippen LogP contribution is -2.12. The zero-order valence-corrected chi connectivity index (χ0v) is 28.0. The first-order valence-electron chi connectivity index (χ1n) is 17.6. The first kappa shape index (κ1) is 29.2. The summed E-state index contributed by atoms with van der Waals surface area (Å²) >= 11 is 0. The second-order valence-corrected chi connectivity index (χ2v) is 13.3. The summed E-state index contributed by atoms with van der Waals surface area (Å²) in [5, 5.41) is 12.5. The van der Waals surface area contributed by atoms with Crippen molar-refractivity contribution in [1.82, 2.24) is 0 Å². The minimum Gasteiger partial charge on any atom is -0.309 e. The Balaban J connectivity index is 1.26. The van der Waals surface area contributed by atoms with Gasteiger partial charge >= 0.3 is 0 Å². The molecule has 0 fully saturated rings. The Kier molecular flexibility index (Phi) is 6.89. The van der Waals surface area contributed by atoms with Gasteiger partial charge in [0.2, 0.25) is 0 Å². The topological polar surface area (TPSA) is 3.24 Å². The molecule has 0 unspecified atom stereocenters. The standard InChI is InChI=1S/C50H33N/c1-2-14-34(15-3-1)42-21-12-13-25-48(42)51(49-33-38-18-6-8-20-41(38)46-31-28-35-16-4-9-22-43(35)50(46)49)39-29-26-36(27-30-39)47-32-37-17-5-7-19-40(37)44-23-10-11-24-45(44)47/h1-33H. The van der Waals surface area contributed by atoms with E-state index in [1.807, 2.05) is 0 Å². The lowest BCUT2D eigenvalue weighted by atomic mass is 9.92. The third kappa shape index (κ3) is 4.86. The molecule has 10 aromatic rings. The molecule has 238 valence electrons. The minimum atomic E-state index is 1.11. The number of fused-ring (bicyclic) bond motifs is 8. The second-order valence-electron chi connectivity index (χ2n) is 13.3. The van der Waals surface area contributed by atoms with Crippen molar-refractivity contribution in [2.45, 2.75) is 0 Å². The van der Waals surface area contributed by atoms with Crippen molar-refractivity contribution >= 4 is 70.9 Å². The second kappa shape index (κ2) is 12.0. The van der Waals surface area contributed by atoms with E-state index in [0.29, 0.717) is 0 Å². The van der Waals surface area contributed by atoms with Crippen LogP contribution in [0, 0.1) is 0 Å². The smallest absolute Gasteiger partial charge is 0.0552 e. The first-order valence-corrected chi connectivity index (χ1v) is 17.6. The Morgan fingerprint density at radius 3 is 1.59 bits per heavy atom. The van der Waals surface area contributed by atoms with Gasteiger partial charge in [0.25, 0.3) is 0 Å². The van der Waals surface area contributed by atoms with Crippen molar-refractivity contribution in [3.8, 4) is 22.3 Å². The predicted molar refractivity (Wildman–Crippen MR) is 220 cm³/mol. The van der Waals surface area contributed by atoms with E-state index in [-0.39, 0.29) is 0 Å². The van der Waals surface area contributed by atoms with E-state index in [9.17, 15) is 0 Å². The van der Waals surface area contributed by atoms with E-state index in [2.05, 4.69) is 205 Å². The Hall–Kier alpha value is -6.70. The molecule has 1 nitrogen and oxygen atoms in total. The fourth-order valence-corrected chi connectivity index (χ4v) is 8.06. The van der Waals surface area contributed by atoms with Crippen molar-refractivity contribution in [3.05, 3.63) is 200 Å². The lowest BCUT2D eigenvalue weighted by Gasteiger charge is -2.30. The van der Waals surface area contributed by atoms with Crippen LogP contribution in [-0.2, 0) is 0 Å². The van der Waals surface area contributed by atoms with Crippen molar-refractivity contribution in [3.63, 3.8) is 0 Å². The van der Waals surface area contributed by atoms with Crippen LogP contribution in [0.3, 0.4) is 0 Å². The Morgan fingerprint density at radius 2 is 0.824 bits per heavy atom. The highest BCUT2D eigenvalue weighted by molar-refractivity contribution is 6.24. The fourth-order valence-electron chi connectivity index (χ4n) is 8.06. The van der Waals surface area contributed by atoms with Gasteiger partial charge in [0.05, 0.1) is 11.4 Å². The summed E-state index contributed by atoms with van der Waals surface area (Å²) in [6, 6.07) is 73.1. The number of benzene rings is 10. The van der Waals surface area contributed by atoms with Crippen LogP contribution in [0.15, 0.2) is 200 Å². The maximum Gasteiger partial charge on any atom is 0.0552 e. The molecule has 0 N–H and O–H groups in total. The van der Waals surface area contributed by atoms with E-state index < -0.39 is 0 Å². The zero-order chi connectivity index (χ0) is 33.7. The Bertz CT molecular complexity index is 2900. The van der Waals surface area contributed by atoms with Crippen LogP contribution in [0.2, 0.25) is 0 Å². The van der Waals surface area contributed by atoms with Crippen molar-refractivity contribution in [2.75, 3.05) is 4.90 Å². The molecule has 0 atom stereocenters. The number of nitrogens with zero attached hydrogens (tertiary/aromatic N) is 1. The van der Waals surface area contributed by atoms with Crippen LogP contribution in [0.25, 0.3) is 76.1 Å². The molecule has 0 bridgehead atoms. The van der Waals surface area contributed by atoms with E-state index in [1.165, 1.54) is 76.1 Å². The highest BCUT2D eigenvalue weighted by Crippen LogP contribution is 2.47. The van der Waals surface area contributed by atoms with E-state index in [4.69, 9.17) is 0 Å². The molecule has 0 saturated heterocycles. The van der Waals surface area contributed by atoms with Crippen molar-refractivity contribution in [1.29, 1.82) is 0 Å². The number of rotatable bonds is 5. The monoisotopic (exact) mass is 647 g/mol. The summed E-state index contributed by atoms with van der Waals surface area (Å²) in [4.78, 5) is 2.48. The number of para-hydroxylation sites is 1. The first-order chi connectivity index (χ1) is 25.3. The molecule has 0 heterocycles. The SMILES string of the molecule is c1ccc(-c2ccccc2N(c2ccc(-c3cc4ccccc4c4ccccc34)cc2)c2cc3ccccc3c3ccc4ccccc4c23)cc1. The van der Waals surface area contributed by atoms with Gasteiger partial charge in [-0.2, -0.15) is 0 Å². The predicted octanol–water partition coefficient (Wildman–Crippen LogP) is 14.3. The van der Waals surface area contributed by atoms with Gasteiger partial charge in [0.1, 0.15) is 0 Å². The van der Waals surface area contributed by atoms with Gasteiger partial charge in [-0.05, 0) is 95.5 Å². The van der Waals surface area contributed by atoms with E-state index in [0.717, 1.165) is 17.1 Å². The summed E-state index contributed by atoms with van der Waals surface area (Å²) < 4.78 is 0. The molecule has 0 spiro atoms. The molecule has 51 heavy (non-hydrogen) atoms. The highest BCUT2D eigenvalue weighted by Gasteiger charge is 2.22. The summed E-state index contributed by atoms with van der Waals surface area (Å²) in [6.45, 7) is 0. The molecule has 0 aromatic heterocycles. The van der Waals surface area contributed by atoms with E-state index in [1.54, 1.807) is 0 Å². The van der Waals surface area contributed by atoms with Gasteiger partial charge < -0.3 is 4.90 Å². The average Bonchev–Trinajstić information content (AvgIpc) is 3.21.